The van der Waals surface area contributed by atoms with E-state index in [-0.39, 0.29) is 7.69 Å². The molecule has 0 saturated carbocycles. The van der Waals surface area contributed by atoms with E-state index < -0.39 is 0 Å². The van der Waals surface area contributed by atoms with E-state index in [2.05, 4.69) is 66.7 Å². The minimum atomic E-state index is -0.331. The minimum Gasteiger partial charge on any atom is -0.538 e. The van der Waals surface area contributed by atoms with Gasteiger partial charge in [0.25, 0.3) is 0 Å². The lowest BCUT2D eigenvalue weighted by molar-refractivity contribution is 0.457. The predicted octanol–water partition coefficient (Wildman–Crippen LogP) is 5.45. The summed E-state index contributed by atoms with van der Waals surface area (Å²) < 4.78 is 5.42. The Kier molecular flexibility index (Phi) is 3.81. The van der Waals surface area contributed by atoms with Crippen molar-refractivity contribution in [1.29, 1.82) is 0 Å². The lowest BCUT2D eigenvalue weighted by Gasteiger charge is -2.15. The average molecular weight is 348 g/mol. The molecule has 0 atom stereocenters. The molecule has 0 aromatic heterocycles. The van der Waals surface area contributed by atoms with Gasteiger partial charge in [-0.15, -0.1) is 0 Å². The molecule has 128 valence electrons. The second kappa shape index (κ2) is 6.46. The molecule has 0 heterocycles. The molecule has 0 aliphatic rings. The Hall–Kier alpha value is -3.30. The fourth-order valence-electron chi connectivity index (χ4n) is 3.98. The highest BCUT2D eigenvalue weighted by Crippen LogP contribution is 2.40. The van der Waals surface area contributed by atoms with Crippen LogP contribution in [0, 0.1) is 0 Å². The van der Waals surface area contributed by atoms with Gasteiger partial charge < -0.3 is 9.68 Å². The fraction of sp³-hybridized carbons (Fsp3) is 0. The van der Waals surface area contributed by atoms with Crippen LogP contribution in [0.5, 0.6) is 5.75 Å². The third-order valence-corrected chi connectivity index (χ3v) is 5.16. The lowest BCUT2D eigenvalue weighted by Crippen LogP contribution is -2.00. The van der Waals surface area contributed by atoms with E-state index in [4.69, 9.17) is 4.65 Å². The SMILES string of the molecule is OBOc1ccc(-c2cc3ccccc3c3ccccc23)c2ccccc12. The van der Waals surface area contributed by atoms with Crippen LogP contribution in [0.2, 0.25) is 0 Å². The number of benzene rings is 5. The minimum absolute atomic E-state index is 0.331. The van der Waals surface area contributed by atoms with Gasteiger partial charge in [0.1, 0.15) is 5.75 Å². The van der Waals surface area contributed by atoms with Gasteiger partial charge in [0.2, 0.25) is 0 Å². The number of hydrogen-bond donors (Lipinski definition) is 1. The Labute approximate surface area is 157 Å². The summed E-state index contributed by atoms with van der Waals surface area (Å²) in [6.45, 7) is 0. The van der Waals surface area contributed by atoms with Crippen LogP contribution in [-0.2, 0) is 0 Å². The van der Waals surface area contributed by atoms with Gasteiger partial charge in [0.15, 0.2) is 0 Å². The third kappa shape index (κ3) is 2.56. The standard InChI is InChI=1S/C24H17BO2/c26-25-27-24-14-13-21(19-10-5-6-12-22(19)24)23-15-16-7-1-2-8-17(16)18-9-3-4-11-20(18)23/h1-15,25-26H. The molecule has 0 spiro atoms. The van der Waals surface area contributed by atoms with Gasteiger partial charge in [-0.3, -0.25) is 0 Å². The van der Waals surface area contributed by atoms with E-state index in [9.17, 15) is 5.02 Å². The zero-order chi connectivity index (χ0) is 18.2. The Balaban J connectivity index is 1.90. The van der Waals surface area contributed by atoms with Gasteiger partial charge in [0.05, 0.1) is 0 Å². The largest absolute Gasteiger partial charge is 0.538 e. The van der Waals surface area contributed by atoms with Crippen LogP contribution < -0.4 is 4.65 Å². The molecular weight excluding hydrogens is 331 g/mol. The van der Waals surface area contributed by atoms with Crippen LogP contribution in [-0.4, -0.2) is 12.7 Å². The summed E-state index contributed by atoms with van der Waals surface area (Å²) in [6, 6.07) is 31.5. The Bertz CT molecular complexity index is 1290. The summed E-state index contributed by atoms with van der Waals surface area (Å²) in [7, 11) is -0.331. The fourth-order valence-corrected chi connectivity index (χ4v) is 3.98. The maximum Gasteiger partial charge on any atom is 0.504 e. The first-order chi connectivity index (χ1) is 13.4. The Morgan fingerprint density at radius 2 is 1.15 bits per heavy atom. The van der Waals surface area contributed by atoms with Crippen LogP contribution in [0.15, 0.2) is 91.0 Å². The number of rotatable bonds is 3. The molecule has 0 fully saturated rings. The molecule has 0 amide bonds. The van der Waals surface area contributed by atoms with Crippen molar-refractivity contribution in [2.24, 2.45) is 0 Å². The summed E-state index contributed by atoms with van der Waals surface area (Å²) in [4.78, 5) is 0. The number of fused-ring (bicyclic) bond motifs is 4. The van der Waals surface area contributed by atoms with Crippen LogP contribution in [0.4, 0.5) is 0 Å². The van der Waals surface area contributed by atoms with Crippen molar-refractivity contribution >= 4 is 40.0 Å². The van der Waals surface area contributed by atoms with Crippen LogP contribution >= 0.6 is 0 Å². The first kappa shape index (κ1) is 15.9. The Morgan fingerprint density at radius 1 is 0.556 bits per heavy atom. The first-order valence-corrected chi connectivity index (χ1v) is 9.03. The molecule has 0 bridgehead atoms. The Morgan fingerprint density at radius 3 is 1.89 bits per heavy atom. The highest BCUT2D eigenvalue weighted by atomic mass is 16.5. The van der Waals surface area contributed by atoms with Gasteiger partial charge in [0, 0.05) is 5.39 Å². The van der Waals surface area contributed by atoms with Crippen molar-refractivity contribution in [1.82, 2.24) is 0 Å². The van der Waals surface area contributed by atoms with Gasteiger partial charge >= 0.3 is 7.69 Å². The summed E-state index contributed by atoms with van der Waals surface area (Å²) in [6.07, 6.45) is 0. The summed E-state index contributed by atoms with van der Waals surface area (Å²) in [5.74, 6) is 0.696. The maximum atomic E-state index is 9.20. The molecular formula is C24H17BO2. The molecule has 5 aromatic rings. The van der Waals surface area contributed by atoms with E-state index in [1.807, 2.05) is 24.3 Å². The molecule has 0 aliphatic heterocycles. The van der Waals surface area contributed by atoms with E-state index in [0.717, 1.165) is 16.3 Å². The highest BCUT2D eigenvalue weighted by molar-refractivity contribution is 6.19. The van der Waals surface area contributed by atoms with Crippen LogP contribution in [0.25, 0.3) is 43.4 Å². The van der Waals surface area contributed by atoms with Crippen molar-refractivity contribution in [3.8, 4) is 16.9 Å². The molecule has 5 rings (SSSR count). The smallest absolute Gasteiger partial charge is 0.504 e. The molecule has 0 unspecified atom stereocenters. The van der Waals surface area contributed by atoms with Crippen LogP contribution in [0.3, 0.4) is 0 Å². The molecule has 0 radical (unpaired) electrons. The van der Waals surface area contributed by atoms with Crippen molar-refractivity contribution in [3.05, 3.63) is 91.0 Å². The molecule has 3 heteroatoms. The summed E-state index contributed by atoms with van der Waals surface area (Å²) in [5, 5.41) is 16.3. The summed E-state index contributed by atoms with van der Waals surface area (Å²) in [5.41, 5.74) is 2.37. The predicted molar refractivity (Wildman–Crippen MR) is 114 cm³/mol. The highest BCUT2D eigenvalue weighted by Gasteiger charge is 2.13. The number of hydrogen-bond acceptors (Lipinski definition) is 2. The van der Waals surface area contributed by atoms with E-state index >= 15 is 0 Å². The van der Waals surface area contributed by atoms with E-state index in [0.29, 0.717) is 5.75 Å². The van der Waals surface area contributed by atoms with Gasteiger partial charge in [-0.1, -0.05) is 78.9 Å². The normalized spacial score (nSPS) is 11.1. The topological polar surface area (TPSA) is 29.5 Å². The summed E-state index contributed by atoms with van der Waals surface area (Å²) >= 11 is 0. The maximum absolute atomic E-state index is 9.20. The van der Waals surface area contributed by atoms with Crippen molar-refractivity contribution in [2.45, 2.75) is 0 Å². The first-order valence-electron chi connectivity index (χ1n) is 9.03. The van der Waals surface area contributed by atoms with Crippen molar-refractivity contribution in [3.63, 3.8) is 0 Å². The molecule has 0 saturated heterocycles. The second-order valence-electron chi connectivity index (χ2n) is 6.62. The van der Waals surface area contributed by atoms with Crippen LogP contribution in [0.1, 0.15) is 0 Å². The lowest BCUT2D eigenvalue weighted by atomic mass is 9.90. The monoisotopic (exact) mass is 348 g/mol. The molecule has 27 heavy (non-hydrogen) atoms. The quantitative estimate of drug-likeness (QED) is 0.347. The van der Waals surface area contributed by atoms with Gasteiger partial charge in [-0.25, -0.2) is 0 Å². The average Bonchev–Trinajstić information content (AvgIpc) is 2.74. The second-order valence-corrected chi connectivity index (χ2v) is 6.62. The zero-order valence-corrected chi connectivity index (χ0v) is 14.7. The van der Waals surface area contributed by atoms with Crippen molar-refractivity contribution < 1.29 is 9.68 Å². The zero-order valence-electron chi connectivity index (χ0n) is 14.7. The van der Waals surface area contributed by atoms with E-state index in [1.54, 1.807) is 0 Å². The third-order valence-electron chi connectivity index (χ3n) is 5.16. The van der Waals surface area contributed by atoms with Gasteiger partial charge in [-0.05, 0) is 50.2 Å². The van der Waals surface area contributed by atoms with Gasteiger partial charge in [-0.2, -0.15) is 0 Å². The van der Waals surface area contributed by atoms with E-state index in [1.165, 1.54) is 27.1 Å². The molecule has 0 aliphatic carbocycles. The van der Waals surface area contributed by atoms with Crippen molar-refractivity contribution in [2.75, 3.05) is 0 Å². The molecule has 2 nitrogen and oxygen atoms in total. The molecule has 5 aromatic carbocycles. The molecule has 1 N–H and O–H groups in total.